The highest BCUT2D eigenvalue weighted by Crippen LogP contribution is 2.31. The third kappa shape index (κ3) is 4.17. The summed E-state index contributed by atoms with van der Waals surface area (Å²) in [5.74, 6) is -1.48. The average Bonchev–Trinajstić information content (AvgIpc) is 3.38. The van der Waals surface area contributed by atoms with Crippen LogP contribution in [0.4, 0.5) is 15.2 Å². The maximum atomic E-state index is 14.2. The van der Waals surface area contributed by atoms with Gasteiger partial charge in [0.05, 0.1) is 16.9 Å². The van der Waals surface area contributed by atoms with E-state index in [4.69, 9.17) is 4.74 Å². The van der Waals surface area contributed by atoms with E-state index in [1.54, 1.807) is 23.6 Å². The van der Waals surface area contributed by atoms with Gasteiger partial charge in [-0.2, -0.15) is 0 Å². The van der Waals surface area contributed by atoms with E-state index in [0.717, 1.165) is 11.3 Å². The number of rotatable bonds is 6. The van der Waals surface area contributed by atoms with Gasteiger partial charge in [0.2, 0.25) is 5.91 Å². The second-order valence-electron chi connectivity index (χ2n) is 6.41. The number of ether oxygens (including phenoxy) is 1. The number of hydrogen-bond donors (Lipinski definition) is 0. The van der Waals surface area contributed by atoms with Gasteiger partial charge in [-0.05, 0) is 30.5 Å². The molecule has 3 aromatic heterocycles. The highest BCUT2D eigenvalue weighted by molar-refractivity contribution is 7.98. The largest absolute Gasteiger partial charge is 0.454 e. The van der Waals surface area contributed by atoms with Crippen LogP contribution >= 0.6 is 23.1 Å². The lowest BCUT2D eigenvalue weighted by Crippen LogP contribution is -2.23. The first-order valence-electron chi connectivity index (χ1n) is 9.17. The molecule has 7 nitrogen and oxygen atoms in total. The van der Waals surface area contributed by atoms with E-state index in [1.165, 1.54) is 35.7 Å². The Morgan fingerprint density at radius 1 is 1.19 bits per heavy atom. The fraction of sp³-hybridized carbons (Fsp3) is 0.143. The van der Waals surface area contributed by atoms with E-state index in [9.17, 15) is 14.0 Å². The quantitative estimate of drug-likeness (QED) is 0.309. The van der Waals surface area contributed by atoms with Crippen LogP contribution in [0, 0.1) is 5.82 Å². The number of carbonyl (C=O) groups is 2. The van der Waals surface area contributed by atoms with Crippen LogP contribution in [0.3, 0.4) is 0 Å². The first-order valence-corrected chi connectivity index (χ1v) is 11.3. The molecule has 0 aliphatic carbocycles. The van der Waals surface area contributed by atoms with Crippen LogP contribution in [0.5, 0.6) is 0 Å². The molecule has 4 rings (SSSR count). The molecule has 0 bridgehead atoms. The van der Waals surface area contributed by atoms with Gasteiger partial charge >= 0.3 is 5.97 Å². The van der Waals surface area contributed by atoms with Crippen molar-refractivity contribution in [3.05, 3.63) is 71.2 Å². The van der Waals surface area contributed by atoms with Crippen LogP contribution in [0.15, 0.2) is 59.2 Å². The molecule has 1 amide bonds. The number of benzene rings is 1. The minimum Gasteiger partial charge on any atom is -0.454 e. The molecule has 31 heavy (non-hydrogen) atoms. The molecule has 1 aromatic carbocycles. The summed E-state index contributed by atoms with van der Waals surface area (Å²) in [7, 11) is 0. The Hall–Kier alpha value is -3.24. The van der Waals surface area contributed by atoms with Crippen LogP contribution < -0.4 is 4.90 Å². The molecule has 0 spiro atoms. The van der Waals surface area contributed by atoms with Gasteiger partial charge in [0.25, 0.3) is 0 Å². The number of halogens is 1. The number of amides is 1. The van der Waals surface area contributed by atoms with Crippen molar-refractivity contribution < 1.29 is 18.7 Å². The van der Waals surface area contributed by atoms with E-state index < -0.39 is 11.8 Å². The van der Waals surface area contributed by atoms with Crippen molar-refractivity contribution in [1.29, 1.82) is 0 Å². The zero-order chi connectivity index (χ0) is 22.0. The van der Waals surface area contributed by atoms with Gasteiger partial charge in [-0.25, -0.2) is 19.2 Å². The summed E-state index contributed by atoms with van der Waals surface area (Å²) in [4.78, 5) is 34.7. The number of thioether (sulfide) groups is 1. The maximum Gasteiger partial charge on any atom is 0.359 e. The molecule has 3 heterocycles. The first-order chi connectivity index (χ1) is 15.0. The number of fused-ring (bicyclic) bond motifs is 1. The number of para-hydroxylation sites is 1. The van der Waals surface area contributed by atoms with Crippen molar-refractivity contribution in [2.45, 2.75) is 18.7 Å². The lowest BCUT2D eigenvalue weighted by atomic mass is 10.3. The molecule has 0 fully saturated rings. The zero-order valence-corrected chi connectivity index (χ0v) is 18.2. The summed E-state index contributed by atoms with van der Waals surface area (Å²) in [6.45, 7) is 1.24. The molecule has 0 saturated heterocycles. The van der Waals surface area contributed by atoms with Crippen molar-refractivity contribution in [2.24, 2.45) is 0 Å². The van der Waals surface area contributed by atoms with Gasteiger partial charge in [-0.15, -0.1) is 11.3 Å². The molecule has 4 aromatic rings. The topological polar surface area (TPSA) is 76.8 Å². The van der Waals surface area contributed by atoms with Gasteiger partial charge in [0.1, 0.15) is 12.4 Å². The average molecular weight is 457 g/mol. The van der Waals surface area contributed by atoms with E-state index in [1.807, 2.05) is 29.0 Å². The standard InChI is InChI=1S/C21H17FN4O3S2/c1-13(27)26(16-8-4-3-7-15(16)22)21-23-14(12-31-21)11-29-19(28)18-17-9-5-6-10-25(17)20(24-18)30-2/h3-10,12H,11H2,1-2H3. The molecular weight excluding hydrogens is 439 g/mol. The summed E-state index contributed by atoms with van der Waals surface area (Å²) in [6.07, 6.45) is 3.71. The van der Waals surface area contributed by atoms with Crippen LogP contribution in [0.2, 0.25) is 0 Å². The summed E-state index contributed by atoms with van der Waals surface area (Å²) < 4.78 is 21.4. The molecule has 0 radical (unpaired) electrons. The van der Waals surface area contributed by atoms with Crippen LogP contribution in [-0.2, 0) is 16.1 Å². The molecule has 0 N–H and O–H groups in total. The fourth-order valence-electron chi connectivity index (χ4n) is 3.02. The lowest BCUT2D eigenvalue weighted by Gasteiger charge is -2.18. The van der Waals surface area contributed by atoms with Gasteiger partial charge in [-0.3, -0.25) is 14.1 Å². The van der Waals surface area contributed by atoms with Crippen LogP contribution in [0.25, 0.3) is 5.52 Å². The van der Waals surface area contributed by atoms with E-state index in [-0.39, 0.29) is 23.9 Å². The minimum absolute atomic E-state index is 0.0984. The molecule has 0 aliphatic rings. The van der Waals surface area contributed by atoms with Crippen molar-refractivity contribution in [3.63, 3.8) is 0 Å². The van der Waals surface area contributed by atoms with E-state index >= 15 is 0 Å². The van der Waals surface area contributed by atoms with E-state index in [2.05, 4.69) is 9.97 Å². The maximum absolute atomic E-state index is 14.2. The molecule has 158 valence electrons. The summed E-state index contributed by atoms with van der Waals surface area (Å²) in [5, 5.41) is 2.64. The Bertz CT molecular complexity index is 1270. The van der Waals surface area contributed by atoms with E-state index in [0.29, 0.717) is 21.5 Å². The summed E-state index contributed by atoms with van der Waals surface area (Å²) in [6, 6.07) is 11.4. The molecule has 0 atom stereocenters. The monoisotopic (exact) mass is 456 g/mol. The van der Waals surface area contributed by atoms with Crippen LogP contribution in [0.1, 0.15) is 23.1 Å². The first kappa shape index (κ1) is 21.0. The van der Waals surface area contributed by atoms with Crippen molar-refractivity contribution in [2.75, 3.05) is 11.2 Å². The highest BCUT2D eigenvalue weighted by Gasteiger charge is 2.22. The SMILES string of the molecule is CSc1nc(C(=O)OCc2csc(N(C(C)=O)c3ccccc3F)n2)c2ccccn12. The number of imidazole rings is 1. The number of esters is 1. The second-order valence-corrected chi connectivity index (χ2v) is 8.02. The van der Waals surface area contributed by atoms with Crippen molar-refractivity contribution in [3.8, 4) is 0 Å². The summed E-state index contributed by atoms with van der Waals surface area (Å²) >= 11 is 2.58. The predicted octanol–water partition coefficient (Wildman–Crippen LogP) is 4.69. The van der Waals surface area contributed by atoms with Gasteiger partial charge in [0.15, 0.2) is 16.0 Å². The third-order valence-electron chi connectivity index (χ3n) is 4.38. The molecule has 0 aliphatic heterocycles. The number of nitrogens with zero attached hydrogens (tertiary/aromatic N) is 4. The summed E-state index contributed by atoms with van der Waals surface area (Å²) in [5.41, 5.74) is 1.43. The molecule has 0 saturated carbocycles. The number of pyridine rings is 1. The van der Waals surface area contributed by atoms with Gasteiger partial charge < -0.3 is 4.74 Å². The Morgan fingerprint density at radius 2 is 1.97 bits per heavy atom. The Labute approximate surface area is 185 Å². The number of carbonyl (C=O) groups excluding carboxylic acids is 2. The lowest BCUT2D eigenvalue weighted by molar-refractivity contribution is -0.115. The Balaban J connectivity index is 1.53. The van der Waals surface area contributed by atoms with Gasteiger partial charge in [0, 0.05) is 18.5 Å². The number of anilines is 2. The predicted molar refractivity (Wildman–Crippen MR) is 117 cm³/mol. The number of hydrogen-bond acceptors (Lipinski definition) is 7. The zero-order valence-electron chi connectivity index (χ0n) is 16.6. The van der Waals surface area contributed by atoms with Crippen LogP contribution in [-0.4, -0.2) is 32.5 Å². The number of aromatic nitrogens is 3. The van der Waals surface area contributed by atoms with Crippen molar-refractivity contribution in [1.82, 2.24) is 14.4 Å². The highest BCUT2D eigenvalue weighted by atomic mass is 32.2. The Kier molecular flexibility index (Phi) is 6.01. The molecular formula is C21H17FN4O3S2. The number of thiazole rings is 1. The van der Waals surface area contributed by atoms with Crippen molar-refractivity contribution >= 4 is 51.3 Å². The molecule has 10 heteroatoms. The fourth-order valence-corrected chi connectivity index (χ4v) is 4.42. The minimum atomic E-state index is -0.573. The smallest absolute Gasteiger partial charge is 0.359 e. The molecule has 0 unspecified atom stereocenters. The Morgan fingerprint density at radius 3 is 2.71 bits per heavy atom. The third-order valence-corrected chi connectivity index (χ3v) is 5.91. The second kappa shape index (κ2) is 8.86. The van der Waals surface area contributed by atoms with Gasteiger partial charge in [-0.1, -0.05) is 30.0 Å². The normalized spacial score (nSPS) is 10.9.